The molecular weight excluding hydrogens is 586 g/mol. The highest BCUT2D eigenvalue weighted by atomic mass is 32.2. The second-order valence-electron chi connectivity index (χ2n) is 8.45. The molecule has 3 atom stereocenters. The number of carbonyl (C=O) groups excluding carboxylic acids is 2. The predicted octanol–water partition coefficient (Wildman–Crippen LogP) is -1.17. The molecule has 0 saturated carbocycles. The fourth-order valence-corrected chi connectivity index (χ4v) is 6.67. The van der Waals surface area contributed by atoms with Crippen molar-refractivity contribution in [1.82, 2.24) is 20.2 Å². The van der Waals surface area contributed by atoms with E-state index in [4.69, 9.17) is 27.1 Å². The molecule has 2 aliphatic heterocycles. The van der Waals surface area contributed by atoms with Gasteiger partial charge in [-0.2, -0.15) is 0 Å². The summed E-state index contributed by atoms with van der Waals surface area (Å²) in [7, 11) is 1.69. The maximum Gasteiger partial charge on any atom is 0.352 e. The number of nitrogens with one attached hydrogen (secondary N) is 1. The zero-order chi connectivity index (χ0) is 29.3. The molecule has 16 nitrogen and oxygen atoms in total. The molecule has 2 amide bonds. The van der Waals surface area contributed by atoms with E-state index < -0.39 is 41.3 Å². The highest BCUT2D eigenvalue weighted by Crippen LogP contribution is 2.41. The number of anilines is 3. The topological polar surface area (TPSA) is 253 Å². The SMILES string of the molecule is CC(O/N=C(\C(=O)NC1C(=O)N2C(C(=O)O)=C(CSc3nc(N)cc(N)[n+]3C)CS[C@H]12)c1csc(N)n1)C(=O)O. The molecule has 40 heavy (non-hydrogen) atoms. The number of carbonyl (C=O) groups is 4. The van der Waals surface area contributed by atoms with E-state index >= 15 is 0 Å². The van der Waals surface area contributed by atoms with Crippen molar-refractivity contribution in [3.05, 3.63) is 28.4 Å². The van der Waals surface area contributed by atoms with E-state index in [0.717, 1.165) is 16.2 Å². The lowest BCUT2D eigenvalue weighted by atomic mass is 10.0. The number of nitrogen functional groups attached to an aromatic ring is 3. The molecule has 2 aliphatic rings. The summed E-state index contributed by atoms with van der Waals surface area (Å²) < 4.78 is 1.61. The molecule has 2 aromatic heterocycles. The first kappa shape index (κ1) is 28.9. The third-order valence-corrected chi connectivity index (χ3v) is 8.87. The van der Waals surface area contributed by atoms with Gasteiger partial charge in [0.25, 0.3) is 11.8 Å². The summed E-state index contributed by atoms with van der Waals surface area (Å²) in [6.45, 7) is 1.22. The van der Waals surface area contributed by atoms with Crippen LogP contribution in [0.1, 0.15) is 12.6 Å². The number of rotatable bonds is 10. The highest BCUT2D eigenvalue weighted by molar-refractivity contribution is 8.01. The summed E-state index contributed by atoms with van der Waals surface area (Å²) in [6, 6.07) is 0.422. The van der Waals surface area contributed by atoms with Crippen molar-refractivity contribution in [3.8, 4) is 0 Å². The Morgan fingerprint density at radius 2 is 2.05 bits per heavy atom. The molecule has 0 bridgehead atoms. The van der Waals surface area contributed by atoms with E-state index in [1.54, 1.807) is 11.6 Å². The molecule has 4 rings (SSSR count). The normalized spacial score (nSPS) is 19.5. The van der Waals surface area contributed by atoms with E-state index in [1.807, 2.05) is 0 Å². The maximum absolute atomic E-state index is 13.1. The Morgan fingerprint density at radius 1 is 1.32 bits per heavy atom. The number of hydrogen-bond donors (Lipinski definition) is 6. The molecule has 1 fully saturated rings. The summed E-state index contributed by atoms with van der Waals surface area (Å²) in [5.74, 6) is -3.06. The minimum absolute atomic E-state index is 0.0203. The number of carboxylic acids is 2. The molecule has 4 heterocycles. The summed E-state index contributed by atoms with van der Waals surface area (Å²) in [5, 5.41) is 26.5. The third-order valence-electron chi connectivity index (χ3n) is 5.74. The summed E-state index contributed by atoms with van der Waals surface area (Å²) in [5.41, 5.74) is 17.3. The quantitative estimate of drug-likeness (QED) is 0.0463. The van der Waals surface area contributed by atoms with Crippen LogP contribution in [0.3, 0.4) is 0 Å². The van der Waals surface area contributed by atoms with Crippen LogP contribution in [0, 0.1) is 0 Å². The standard InChI is InChI=1S/C21H23N9O7S3/c1-7(18(33)34)37-28-12(9-6-39-20(24)25-9)15(31)27-13-16(32)30-14(19(35)36)8(4-38-17(13)30)5-40-21-26-10(22)3-11(23)29(21)2/h3,6-7,13,17H,4-5H2,1-2H3,(H8,22,23,24,25,27,31,33,34,35,36)/p+1/b28-12-/t7?,13?,17-/m1/s1. The van der Waals surface area contributed by atoms with Crippen LogP contribution in [0.25, 0.3) is 0 Å². The number of aliphatic carboxylic acids is 2. The number of nitrogens with zero attached hydrogens (tertiary/aromatic N) is 5. The van der Waals surface area contributed by atoms with Crippen molar-refractivity contribution < 1.29 is 38.8 Å². The van der Waals surface area contributed by atoms with E-state index in [1.165, 1.54) is 41.9 Å². The number of hydrogen-bond acceptors (Lipinski definition) is 14. The third kappa shape index (κ3) is 5.75. The van der Waals surface area contributed by atoms with Gasteiger partial charge >= 0.3 is 17.1 Å². The number of carboxylic acid groups (broad SMARTS) is 2. The molecule has 2 aromatic rings. The average Bonchev–Trinajstić information content (AvgIpc) is 3.33. The van der Waals surface area contributed by atoms with E-state index in [2.05, 4.69) is 20.4 Å². The van der Waals surface area contributed by atoms with E-state index in [9.17, 15) is 24.3 Å². The lowest BCUT2D eigenvalue weighted by Crippen LogP contribution is -2.71. The van der Waals surface area contributed by atoms with Gasteiger partial charge in [-0.1, -0.05) is 10.1 Å². The summed E-state index contributed by atoms with van der Waals surface area (Å²) in [6.07, 6.45) is -1.37. The molecule has 1 saturated heterocycles. The van der Waals surface area contributed by atoms with Crippen LogP contribution in [-0.4, -0.2) is 83.6 Å². The molecule has 0 radical (unpaired) electrons. The van der Waals surface area contributed by atoms with Gasteiger partial charge in [-0.05, 0) is 24.3 Å². The van der Waals surface area contributed by atoms with Gasteiger partial charge in [0, 0.05) is 16.9 Å². The molecule has 212 valence electrons. The number of nitrogens with two attached hydrogens (primary N) is 3. The first-order chi connectivity index (χ1) is 18.9. The Balaban J connectivity index is 1.52. The maximum atomic E-state index is 13.1. The van der Waals surface area contributed by atoms with Gasteiger partial charge in [0.1, 0.15) is 22.8 Å². The lowest BCUT2D eigenvalue weighted by molar-refractivity contribution is -0.698. The zero-order valence-electron chi connectivity index (χ0n) is 20.9. The van der Waals surface area contributed by atoms with Crippen molar-refractivity contribution in [2.24, 2.45) is 12.2 Å². The van der Waals surface area contributed by atoms with Gasteiger partial charge in [-0.25, -0.2) is 19.1 Å². The Morgan fingerprint density at radius 3 is 2.67 bits per heavy atom. The van der Waals surface area contributed by atoms with E-state index in [-0.39, 0.29) is 39.6 Å². The molecule has 0 aliphatic carbocycles. The van der Waals surface area contributed by atoms with Crippen LogP contribution in [0.15, 0.2) is 33.0 Å². The zero-order valence-corrected chi connectivity index (χ0v) is 23.4. The molecule has 9 N–H and O–H groups in total. The van der Waals surface area contributed by atoms with Gasteiger partial charge < -0.3 is 37.6 Å². The second-order valence-corrected chi connectivity index (χ2v) is 11.4. The van der Waals surface area contributed by atoms with Gasteiger partial charge in [-0.15, -0.1) is 23.1 Å². The monoisotopic (exact) mass is 610 g/mol. The minimum atomic E-state index is -1.37. The largest absolute Gasteiger partial charge is 0.478 e. The van der Waals surface area contributed by atoms with Gasteiger partial charge in [0.15, 0.2) is 10.8 Å². The van der Waals surface area contributed by atoms with Gasteiger partial charge in [0.2, 0.25) is 17.7 Å². The fraction of sp³-hybridized carbons (Fsp3) is 0.333. The number of fused-ring (bicyclic) bond motifs is 1. The van der Waals surface area contributed by atoms with Gasteiger partial charge in [-0.3, -0.25) is 14.5 Å². The average molecular weight is 611 g/mol. The van der Waals surface area contributed by atoms with Crippen LogP contribution in [-0.2, 0) is 31.1 Å². The van der Waals surface area contributed by atoms with Crippen LogP contribution >= 0.6 is 34.9 Å². The lowest BCUT2D eigenvalue weighted by Gasteiger charge is -2.49. The van der Waals surface area contributed by atoms with Crippen LogP contribution in [0.4, 0.5) is 16.8 Å². The molecule has 2 unspecified atom stereocenters. The Hall–Kier alpha value is -4.10. The van der Waals surface area contributed by atoms with Crippen molar-refractivity contribution in [3.63, 3.8) is 0 Å². The fourth-order valence-electron chi connectivity index (χ4n) is 3.64. The molecule has 0 spiro atoms. The first-order valence-corrected chi connectivity index (χ1v) is 14.2. The highest BCUT2D eigenvalue weighted by Gasteiger charge is 2.54. The van der Waals surface area contributed by atoms with Gasteiger partial charge in [0.05, 0.1) is 13.1 Å². The first-order valence-electron chi connectivity index (χ1n) is 11.3. The Labute approximate surface area is 238 Å². The Bertz CT molecular complexity index is 1460. The van der Waals surface area contributed by atoms with Crippen molar-refractivity contribution in [2.75, 3.05) is 28.7 Å². The van der Waals surface area contributed by atoms with Crippen molar-refractivity contribution in [2.45, 2.75) is 29.6 Å². The minimum Gasteiger partial charge on any atom is -0.478 e. The van der Waals surface area contributed by atoms with Crippen LogP contribution < -0.4 is 27.1 Å². The molecule has 0 aromatic carbocycles. The number of oxime groups is 1. The summed E-state index contributed by atoms with van der Waals surface area (Å²) >= 11 is 3.51. The predicted molar refractivity (Wildman–Crippen MR) is 146 cm³/mol. The van der Waals surface area contributed by atoms with Crippen molar-refractivity contribution in [1.29, 1.82) is 0 Å². The van der Waals surface area contributed by atoms with Crippen molar-refractivity contribution >= 4 is 81.1 Å². The number of thioether (sulfide) groups is 2. The molecule has 19 heteroatoms. The second kappa shape index (κ2) is 11.6. The smallest absolute Gasteiger partial charge is 0.352 e. The number of thiazole rings is 1. The van der Waals surface area contributed by atoms with Crippen LogP contribution in [0.5, 0.6) is 0 Å². The molecular formula is C21H24N9O7S3+. The number of amides is 2. The summed E-state index contributed by atoms with van der Waals surface area (Å²) in [4.78, 5) is 63.7. The number of aromatic nitrogens is 3. The Kier molecular flexibility index (Phi) is 8.35. The van der Waals surface area contributed by atoms with E-state index in [0.29, 0.717) is 16.5 Å². The van der Waals surface area contributed by atoms with Crippen LogP contribution in [0.2, 0.25) is 0 Å². The number of β-lactam (4-membered cyclic amide) rings is 1.